The van der Waals surface area contributed by atoms with E-state index < -0.39 is 16.7 Å². The quantitative estimate of drug-likeness (QED) is 0.418. The van der Waals surface area contributed by atoms with Gasteiger partial charge >= 0.3 is 0 Å². The number of aryl methyl sites for hydroxylation is 1. The highest BCUT2D eigenvalue weighted by Gasteiger charge is 2.27. The van der Waals surface area contributed by atoms with E-state index in [-0.39, 0.29) is 16.9 Å². The molecule has 1 aliphatic rings. The number of piperidine rings is 1. The average molecular weight is 510 g/mol. The minimum absolute atomic E-state index is 0.0802. The van der Waals surface area contributed by atoms with E-state index in [0.717, 1.165) is 41.4 Å². The van der Waals surface area contributed by atoms with Crippen LogP contribution in [0.15, 0.2) is 51.7 Å². The normalized spacial score (nSPS) is 16.2. The van der Waals surface area contributed by atoms with Crippen LogP contribution in [0.25, 0.3) is 11.0 Å². The number of para-hydroxylation sites is 1. The highest BCUT2D eigenvalue weighted by molar-refractivity contribution is 7.71. The number of rotatable bonds is 6. The molecule has 2 heterocycles. The molecule has 1 amide bonds. The van der Waals surface area contributed by atoms with Crippen molar-refractivity contribution in [1.82, 2.24) is 4.31 Å². The van der Waals surface area contributed by atoms with E-state index >= 15 is 0 Å². The second kappa shape index (κ2) is 9.97. The molecule has 2 N–H and O–H groups in total. The van der Waals surface area contributed by atoms with Crippen LogP contribution in [0.5, 0.6) is 0 Å². The van der Waals surface area contributed by atoms with Gasteiger partial charge in [0, 0.05) is 30.4 Å². The number of nitrogens with one attached hydrogen (secondary N) is 2. The second-order valence-electron chi connectivity index (χ2n) is 10.3. The number of amides is 1. The molecule has 3 aromatic rings. The third-order valence-corrected chi connectivity index (χ3v) is 7.61. The van der Waals surface area contributed by atoms with Crippen LogP contribution in [0.4, 0.5) is 11.6 Å². The van der Waals surface area contributed by atoms with E-state index in [1.54, 1.807) is 30.3 Å². The molecule has 8 nitrogen and oxygen atoms in total. The number of fused-ring (bicyclic) bond motifs is 1. The van der Waals surface area contributed by atoms with Crippen LogP contribution in [-0.2, 0) is 15.0 Å². The molecule has 1 fully saturated rings. The molecule has 2 aromatic carbocycles. The molecule has 9 heteroatoms. The summed E-state index contributed by atoms with van der Waals surface area (Å²) in [5.74, 6) is 0.0602. The Morgan fingerprint density at radius 2 is 1.86 bits per heavy atom. The monoisotopic (exact) mass is 509 g/mol. The first-order valence-electron chi connectivity index (χ1n) is 12.1. The molecule has 192 valence electrons. The van der Waals surface area contributed by atoms with Gasteiger partial charge in [-0.15, -0.1) is 0 Å². The first-order chi connectivity index (χ1) is 17.0. The van der Waals surface area contributed by atoms with Crippen molar-refractivity contribution in [3.63, 3.8) is 0 Å². The van der Waals surface area contributed by atoms with E-state index in [2.05, 4.69) is 24.1 Å². The molecule has 1 saturated heterocycles. The Morgan fingerprint density at radius 3 is 2.53 bits per heavy atom. The fourth-order valence-electron chi connectivity index (χ4n) is 4.58. The second-order valence-corrected chi connectivity index (χ2v) is 11.3. The number of nitrogens with zero attached hydrogens (tertiary/aromatic N) is 2. The van der Waals surface area contributed by atoms with Crippen molar-refractivity contribution in [3.05, 3.63) is 69.4 Å². The lowest BCUT2D eigenvalue weighted by atomic mass is 9.83. The maximum absolute atomic E-state index is 13.1. The first-order valence-corrected chi connectivity index (χ1v) is 13.2. The molecule has 1 aromatic heterocycles. The van der Waals surface area contributed by atoms with Gasteiger partial charge in [-0.05, 0) is 62.9 Å². The molecule has 0 aliphatic carbocycles. The summed E-state index contributed by atoms with van der Waals surface area (Å²) < 4.78 is 26.2. The summed E-state index contributed by atoms with van der Waals surface area (Å²) in [5.41, 5.74) is 3.31. The molecule has 36 heavy (non-hydrogen) atoms. The topological polar surface area (TPSA) is 107 Å². The van der Waals surface area contributed by atoms with Gasteiger partial charge < -0.3 is 27.9 Å². The average Bonchev–Trinajstić information content (AvgIpc) is 2.83. The number of hydrogen-bond donors (Lipinski definition) is 2. The van der Waals surface area contributed by atoms with Crippen LogP contribution in [0, 0.1) is 17.1 Å². The van der Waals surface area contributed by atoms with Gasteiger partial charge in [0.1, 0.15) is 5.58 Å². The van der Waals surface area contributed by atoms with Gasteiger partial charge in [0.2, 0.25) is 5.91 Å². The van der Waals surface area contributed by atoms with Gasteiger partial charge in [-0.1, -0.05) is 42.8 Å². The minimum Gasteiger partial charge on any atom is -0.440 e. The maximum atomic E-state index is 13.1. The standard InChI is InChI=1S/C27H33N4O4S/c1-17-14-20(18(2)29-22-9-7-6-8-19(22)26(33)30(5)36(28)34)25-21(15-17)23(32)16-24(35-25)31-12-10-27(3,4)11-13-31/h6-9,14-16,18,28-29H,10-13H2,1-5H3/q-1/t18-/m1/s1. The van der Waals surface area contributed by atoms with Crippen molar-refractivity contribution in [3.8, 4) is 0 Å². The Hall–Kier alpha value is -3.33. The van der Waals surface area contributed by atoms with Gasteiger partial charge in [0.25, 0.3) is 0 Å². The Kier molecular flexibility index (Phi) is 7.13. The van der Waals surface area contributed by atoms with Crippen LogP contribution in [0.1, 0.15) is 61.1 Å². The van der Waals surface area contributed by atoms with Crippen LogP contribution in [0.2, 0.25) is 0 Å². The smallest absolute Gasteiger partial charge is 0.239 e. The van der Waals surface area contributed by atoms with Crippen molar-refractivity contribution in [2.24, 2.45) is 5.41 Å². The molecular weight excluding hydrogens is 476 g/mol. The number of benzene rings is 2. The summed E-state index contributed by atoms with van der Waals surface area (Å²) in [6.07, 6.45) is 2.05. The summed E-state index contributed by atoms with van der Waals surface area (Å²) >= 11 is 0. The molecule has 0 saturated carbocycles. The van der Waals surface area contributed by atoms with Crippen LogP contribution < -0.4 is 15.6 Å². The molecule has 0 unspecified atom stereocenters. The number of carbonyl (C=O) groups is 1. The van der Waals surface area contributed by atoms with Crippen molar-refractivity contribution < 1.29 is 13.4 Å². The van der Waals surface area contributed by atoms with Gasteiger partial charge in [0.05, 0.1) is 17.0 Å². The first kappa shape index (κ1) is 25.8. The summed E-state index contributed by atoms with van der Waals surface area (Å²) in [4.78, 5) is 28.1. The molecule has 0 bridgehead atoms. The highest BCUT2D eigenvalue weighted by atomic mass is 32.2. The SMILES string of the molecule is Cc1cc([C@@H](C)Nc2ccccc2C(=O)N(C)[S-](=N)=O)c2oc(N3CCC(C)(C)CC3)cc(=O)c2c1. The van der Waals surface area contributed by atoms with E-state index in [4.69, 9.17) is 9.20 Å². The lowest BCUT2D eigenvalue weighted by molar-refractivity contribution is 0.0889. The van der Waals surface area contributed by atoms with Crippen molar-refractivity contribution >= 4 is 39.2 Å². The summed E-state index contributed by atoms with van der Waals surface area (Å²) in [5, 5.41) is 3.89. The Labute approximate surface area is 213 Å². The van der Waals surface area contributed by atoms with Crippen LogP contribution in [0.3, 0.4) is 0 Å². The molecule has 0 radical (unpaired) electrons. The predicted molar refractivity (Wildman–Crippen MR) is 144 cm³/mol. The van der Waals surface area contributed by atoms with Gasteiger partial charge in [-0.2, -0.15) is 0 Å². The van der Waals surface area contributed by atoms with Gasteiger partial charge in [-0.25, -0.2) is 0 Å². The maximum Gasteiger partial charge on any atom is 0.239 e. The van der Waals surface area contributed by atoms with Crippen LogP contribution in [-0.4, -0.2) is 30.3 Å². The highest BCUT2D eigenvalue weighted by Crippen LogP contribution is 2.34. The lowest BCUT2D eigenvalue weighted by Gasteiger charge is -2.37. The zero-order valence-electron chi connectivity index (χ0n) is 21.4. The molecule has 0 spiro atoms. The largest absolute Gasteiger partial charge is 0.440 e. The summed E-state index contributed by atoms with van der Waals surface area (Å²) in [6.45, 7) is 10.1. The zero-order chi connectivity index (χ0) is 26.2. The molecule has 1 aliphatic heterocycles. The summed E-state index contributed by atoms with van der Waals surface area (Å²) in [7, 11) is -0.850. The molecule has 4 rings (SSSR count). The van der Waals surface area contributed by atoms with E-state index in [1.165, 1.54) is 7.05 Å². The number of anilines is 2. The lowest BCUT2D eigenvalue weighted by Crippen LogP contribution is -2.37. The van der Waals surface area contributed by atoms with Gasteiger partial charge in [-0.3, -0.25) is 9.59 Å². The Balaban J connectivity index is 1.73. The van der Waals surface area contributed by atoms with E-state index in [9.17, 15) is 13.8 Å². The minimum atomic E-state index is -2.18. The fourth-order valence-corrected chi connectivity index (χ4v) is 4.83. The van der Waals surface area contributed by atoms with Crippen molar-refractivity contribution in [2.45, 2.75) is 46.6 Å². The van der Waals surface area contributed by atoms with Crippen LogP contribution >= 0.6 is 0 Å². The van der Waals surface area contributed by atoms with Crippen molar-refractivity contribution in [2.75, 3.05) is 30.4 Å². The zero-order valence-corrected chi connectivity index (χ0v) is 22.2. The van der Waals surface area contributed by atoms with E-state index in [1.807, 2.05) is 26.0 Å². The third-order valence-electron chi connectivity index (χ3n) is 6.95. The van der Waals surface area contributed by atoms with E-state index in [0.29, 0.717) is 28.1 Å². The number of hydrogen-bond acceptors (Lipinski definition) is 8. The Bertz CT molecular complexity index is 1430. The fraction of sp³-hybridized carbons (Fsp3) is 0.407. The third kappa shape index (κ3) is 5.26. The molecule has 1 atom stereocenters. The molecular formula is C27H33N4O4S-. The van der Waals surface area contributed by atoms with Gasteiger partial charge in [0.15, 0.2) is 11.3 Å². The number of carbonyl (C=O) groups excluding carboxylic acids is 1. The van der Waals surface area contributed by atoms with Crippen molar-refractivity contribution in [1.29, 1.82) is 4.78 Å². The predicted octanol–water partition coefficient (Wildman–Crippen LogP) is 5.61. The summed E-state index contributed by atoms with van der Waals surface area (Å²) in [6, 6.07) is 12.0. The Morgan fingerprint density at radius 1 is 1.19 bits per heavy atom.